The van der Waals surface area contributed by atoms with Gasteiger partial charge in [-0.25, -0.2) is 0 Å². The molecule has 0 radical (unpaired) electrons. The lowest BCUT2D eigenvalue weighted by Gasteiger charge is -2.27. The highest BCUT2D eigenvalue weighted by Gasteiger charge is 2.24. The second kappa shape index (κ2) is 5.24. The Balaban J connectivity index is 2.55. The number of benzene rings is 2. The summed E-state index contributed by atoms with van der Waals surface area (Å²) in [6.45, 7) is 4.53. The first-order chi connectivity index (χ1) is 8.96. The second-order valence-corrected chi connectivity index (χ2v) is 5.57. The minimum atomic E-state index is -0.192. The van der Waals surface area contributed by atoms with Crippen molar-refractivity contribution in [2.45, 2.75) is 25.8 Å². The number of aromatic hydroxyl groups is 1. The van der Waals surface area contributed by atoms with E-state index in [2.05, 4.69) is 26.0 Å². The molecule has 0 bridgehead atoms. The summed E-state index contributed by atoms with van der Waals surface area (Å²) in [5.74, 6) is 0.0804. The maximum atomic E-state index is 9.85. The van der Waals surface area contributed by atoms with Crippen LogP contribution in [0.3, 0.4) is 0 Å². The number of halogens is 1. The molecule has 0 amide bonds. The number of hydrogen-bond acceptors (Lipinski definition) is 2. The summed E-state index contributed by atoms with van der Waals surface area (Å²) in [5, 5.41) is 10.2. The van der Waals surface area contributed by atoms with Gasteiger partial charge in [0, 0.05) is 17.5 Å². The first kappa shape index (κ1) is 13.9. The van der Waals surface area contributed by atoms with E-state index in [1.807, 2.05) is 30.3 Å². The van der Waals surface area contributed by atoms with E-state index in [1.165, 1.54) is 5.56 Å². The molecule has 0 atom stereocenters. The van der Waals surface area contributed by atoms with E-state index in [1.54, 1.807) is 0 Å². The van der Waals surface area contributed by atoms with E-state index in [4.69, 9.17) is 17.3 Å². The minimum absolute atomic E-state index is 0.0804. The van der Waals surface area contributed by atoms with Crippen molar-refractivity contribution in [1.82, 2.24) is 0 Å². The van der Waals surface area contributed by atoms with E-state index in [0.29, 0.717) is 10.6 Å². The molecule has 2 rings (SSSR count). The van der Waals surface area contributed by atoms with E-state index < -0.39 is 0 Å². The summed E-state index contributed by atoms with van der Waals surface area (Å²) in [6.07, 6.45) is 0. The van der Waals surface area contributed by atoms with Gasteiger partial charge in [-0.15, -0.1) is 0 Å². The molecule has 3 N–H and O–H groups in total. The molecule has 2 nitrogen and oxygen atoms in total. The zero-order valence-electron chi connectivity index (χ0n) is 11.2. The smallest absolute Gasteiger partial charge is 0.138 e. The van der Waals surface area contributed by atoms with Crippen LogP contribution in [0, 0.1) is 0 Å². The van der Waals surface area contributed by atoms with Gasteiger partial charge in [-0.2, -0.15) is 0 Å². The first-order valence-corrected chi connectivity index (χ1v) is 6.62. The summed E-state index contributed by atoms with van der Waals surface area (Å²) < 4.78 is 0. The minimum Gasteiger partial charge on any atom is -0.506 e. The average Bonchev–Trinajstić information content (AvgIpc) is 2.42. The number of hydrogen-bond donors (Lipinski definition) is 2. The van der Waals surface area contributed by atoms with Gasteiger partial charge in [0.2, 0.25) is 0 Å². The van der Waals surface area contributed by atoms with Crippen LogP contribution in [0.25, 0.3) is 0 Å². The van der Waals surface area contributed by atoms with Crippen molar-refractivity contribution in [2.75, 3.05) is 0 Å². The maximum absolute atomic E-state index is 9.85. The molecular formula is C16H18ClNO. The van der Waals surface area contributed by atoms with Crippen LogP contribution in [-0.2, 0) is 12.0 Å². The summed E-state index contributed by atoms with van der Waals surface area (Å²) in [4.78, 5) is 0. The lowest BCUT2D eigenvalue weighted by Crippen LogP contribution is -2.19. The molecule has 0 spiro atoms. The Kier molecular flexibility index (Phi) is 3.83. The molecule has 2 aromatic rings. The van der Waals surface area contributed by atoms with Crippen LogP contribution in [0.5, 0.6) is 5.75 Å². The van der Waals surface area contributed by atoms with E-state index in [9.17, 15) is 5.11 Å². The fourth-order valence-electron chi connectivity index (χ4n) is 2.19. The van der Waals surface area contributed by atoms with Gasteiger partial charge in [0.25, 0.3) is 0 Å². The highest BCUT2D eigenvalue weighted by molar-refractivity contribution is 6.32. The van der Waals surface area contributed by atoms with Gasteiger partial charge in [0.05, 0.1) is 5.02 Å². The molecule has 100 valence electrons. The highest BCUT2D eigenvalue weighted by atomic mass is 35.5. The normalized spacial score (nSPS) is 11.6. The van der Waals surface area contributed by atoms with E-state index in [0.717, 1.165) is 5.56 Å². The largest absolute Gasteiger partial charge is 0.506 e. The van der Waals surface area contributed by atoms with Gasteiger partial charge in [-0.05, 0) is 23.3 Å². The Morgan fingerprint density at radius 1 is 1.11 bits per heavy atom. The molecule has 0 saturated carbocycles. The van der Waals surface area contributed by atoms with Gasteiger partial charge in [-0.3, -0.25) is 0 Å². The third kappa shape index (κ3) is 2.60. The second-order valence-electron chi connectivity index (χ2n) is 5.16. The standard InChI is InChI=1S/C16H18ClNO/c1-16(2,12-6-4-3-5-7-12)13-8-11(10-18)15(19)14(17)9-13/h3-9,19H,10,18H2,1-2H3. The molecule has 0 unspecified atom stereocenters. The third-order valence-corrected chi connectivity index (χ3v) is 3.87. The van der Waals surface area contributed by atoms with Gasteiger partial charge in [-0.1, -0.05) is 55.8 Å². The molecule has 0 heterocycles. The molecule has 0 saturated heterocycles. The molecule has 0 aliphatic heterocycles. The van der Waals surface area contributed by atoms with Crippen molar-refractivity contribution in [2.24, 2.45) is 5.73 Å². The SMILES string of the molecule is CC(C)(c1ccccc1)c1cc(Cl)c(O)c(CN)c1. The Labute approximate surface area is 118 Å². The summed E-state index contributed by atoms with van der Waals surface area (Å²) in [7, 11) is 0. The quantitative estimate of drug-likeness (QED) is 0.894. The van der Waals surface area contributed by atoms with Crippen LogP contribution >= 0.6 is 11.6 Å². The fraction of sp³-hybridized carbons (Fsp3) is 0.250. The zero-order chi connectivity index (χ0) is 14.0. The average molecular weight is 276 g/mol. The molecule has 0 aliphatic carbocycles. The van der Waals surface area contributed by atoms with Gasteiger partial charge in [0.15, 0.2) is 0 Å². The van der Waals surface area contributed by atoms with Crippen LogP contribution < -0.4 is 5.73 Å². The van der Waals surface area contributed by atoms with Crippen molar-refractivity contribution in [1.29, 1.82) is 0 Å². The molecule has 0 aromatic heterocycles. The highest BCUT2D eigenvalue weighted by Crippen LogP contribution is 2.37. The Bertz CT molecular complexity index is 579. The molecule has 2 aromatic carbocycles. The van der Waals surface area contributed by atoms with Crippen LogP contribution in [0.1, 0.15) is 30.5 Å². The van der Waals surface area contributed by atoms with Gasteiger partial charge < -0.3 is 10.8 Å². The molecule has 0 fully saturated rings. The molecule has 0 aliphatic rings. The Morgan fingerprint density at radius 2 is 1.74 bits per heavy atom. The van der Waals surface area contributed by atoms with E-state index >= 15 is 0 Å². The number of phenols is 1. The van der Waals surface area contributed by atoms with Crippen LogP contribution in [0.4, 0.5) is 0 Å². The summed E-state index contributed by atoms with van der Waals surface area (Å²) >= 11 is 6.09. The zero-order valence-corrected chi connectivity index (χ0v) is 11.9. The topological polar surface area (TPSA) is 46.2 Å². The maximum Gasteiger partial charge on any atom is 0.138 e. The van der Waals surface area contributed by atoms with Gasteiger partial charge in [0.1, 0.15) is 5.75 Å². The Hall–Kier alpha value is -1.51. The number of phenolic OH excluding ortho intramolecular Hbond substituents is 1. The van der Waals surface area contributed by atoms with Crippen molar-refractivity contribution in [3.8, 4) is 5.75 Å². The van der Waals surface area contributed by atoms with Crippen molar-refractivity contribution >= 4 is 11.6 Å². The fourth-order valence-corrected chi connectivity index (χ4v) is 2.43. The van der Waals surface area contributed by atoms with Crippen LogP contribution in [0.2, 0.25) is 5.02 Å². The lowest BCUT2D eigenvalue weighted by atomic mass is 9.77. The Morgan fingerprint density at radius 3 is 2.32 bits per heavy atom. The van der Waals surface area contributed by atoms with Crippen LogP contribution in [-0.4, -0.2) is 5.11 Å². The first-order valence-electron chi connectivity index (χ1n) is 6.24. The number of rotatable bonds is 3. The van der Waals surface area contributed by atoms with E-state index in [-0.39, 0.29) is 17.7 Å². The summed E-state index contributed by atoms with van der Waals surface area (Å²) in [6, 6.07) is 13.9. The number of nitrogens with two attached hydrogens (primary N) is 1. The molecule has 19 heavy (non-hydrogen) atoms. The third-order valence-electron chi connectivity index (χ3n) is 3.58. The summed E-state index contributed by atoms with van der Waals surface area (Å²) in [5.41, 5.74) is 8.37. The molecular weight excluding hydrogens is 258 g/mol. The lowest BCUT2D eigenvalue weighted by molar-refractivity contribution is 0.467. The monoisotopic (exact) mass is 275 g/mol. The predicted octanol–water partition coefficient (Wildman–Crippen LogP) is 3.83. The predicted molar refractivity (Wildman–Crippen MR) is 79.6 cm³/mol. The van der Waals surface area contributed by atoms with Gasteiger partial charge >= 0.3 is 0 Å². The van der Waals surface area contributed by atoms with Crippen molar-refractivity contribution in [3.63, 3.8) is 0 Å². The van der Waals surface area contributed by atoms with Crippen molar-refractivity contribution in [3.05, 3.63) is 64.2 Å². The van der Waals surface area contributed by atoms with Crippen molar-refractivity contribution < 1.29 is 5.11 Å². The van der Waals surface area contributed by atoms with Crippen LogP contribution in [0.15, 0.2) is 42.5 Å². The molecule has 3 heteroatoms.